The Morgan fingerprint density at radius 2 is 1.82 bits per heavy atom. The number of Topliss-reactive ketones (excluding diaryl/α,β-unsaturated/α-hetero) is 1. The van der Waals surface area contributed by atoms with Crippen LogP contribution in [-0.4, -0.2) is 25.5 Å². The van der Waals surface area contributed by atoms with Crippen molar-refractivity contribution in [3.63, 3.8) is 0 Å². The molecular formula is C13H16O4. The van der Waals surface area contributed by atoms with Gasteiger partial charge in [-0.05, 0) is 44.0 Å². The second-order valence-electron chi connectivity index (χ2n) is 3.61. The lowest BCUT2D eigenvalue weighted by molar-refractivity contribution is -0.137. The van der Waals surface area contributed by atoms with E-state index in [0.717, 1.165) is 11.1 Å². The largest absolute Gasteiger partial charge is 0.496 e. The number of rotatable bonds is 4. The molecule has 0 saturated heterocycles. The SMILES string of the molecule is CCOC(=O)C(=O)c1ccc(OC)c(C)c1C. The van der Waals surface area contributed by atoms with Crippen molar-refractivity contribution in [2.24, 2.45) is 0 Å². The maximum absolute atomic E-state index is 11.8. The van der Waals surface area contributed by atoms with Crippen molar-refractivity contribution < 1.29 is 19.1 Å². The predicted octanol–water partition coefficient (Wildman–Crippen LogP) is 2.06. The number of benzene rings is 1. The molecule has 0 fully saturated rings. The number of carbonyl (C=O) groups excluding carboxylic acids is 2. The Labute approximate surface area is 101 Å². The zero-order valence-electron chi connectivity index (χ0n) is 10.5. The van der Waals surface area contributed by atoms with Crippen LogP contribution in [0.5, 0.6) is 5.75 Å². The Morgan fingerprint density at radius 3 is 2.35 bits per heavy atom. The molecule has 92 valence electrons. The van der Waals surface area contributed by atoms with Gasteiger partial charge in [0.25, 0.3) is 5.78 Å². The van der Waals surface area contributed by atoms with Gasteiger partial charge in [0.05, 0.1) is 13.7 Å². The first-order valence-corrected chi connectivity index (χ1v) is 5.38. The third-order valence-electron chi connectivity index (χ3n) is 2.66. The van der Waals surface area contributed by atoms with E-state index in [1.54, 1.807) is 33.1 Å². The molecule has 17 heavy (non-hydrogen) atoms. The zero-order valence-corrected chi connectivity index (χ0v) is 10.5. The van der Waals surface area contributed by atoms with Crippen LogP contribution in [0.25, 0.3) is 0 Å². The van der Waals surface area contributed by atoms with Crippen LogP contribution in [-0.2, 0) is 9.53 Å². The van der Waals surface area contributed by atoms with E-state index in [1.165, 1.54) is 0 Å². The van der Waals surface area contributed by atoms with Crippen LogP contribution >= 0.6 is 0 Å². The van der Waals surface area contributed by atoms with E-state index in [0.29, 0.717) is 11.3 Å². The molecule has 0 amide bonds. The summed E-state index contributed by atoms with van der Waals surface area (Å²) < 4.78 is 9.83. The van der Waals surface area contributed by atoms with Gasteiger partial charge < -0.3 is 9.47 Å². The number of hydrogen-bond acceptors (Lipinski definition) is 4. The second kappa shape index (κ2) is 5.48. The molecule has 4 nitrogen and oxygen atoms in total. The number of esters is 1. The topological polar surface area (TPSA) is 52.6 Å². The zero-order chi connectivity index (χ0) is 13.0. The number of ether oxygens (including phenoxy) is 2. The molecule has 0 aliphatic carbocycles. The van der Waals surface area contributed by atoms with Crippen LogP contribution in [0.3, 0.4) is 0 Å². The summed E-state index contributed by atoms with van der Waals surface area (Å²) in [5.74, 6) is -0.738. The van der Waals surface area contributed by atoms with Crippen molar-refractivity contribution in [3.05, 3.63) is 28.8 Å². The Bertz CT molecular complexity index is 449. The molecular weight excluding hydrogens is 220 g/mol. The minimum absolute atomic E-state index is 0.193. The molecule has 0 bridgehead atoms. The fourth-order valence-corrected chi connectivity index (χ4v) is 1.57. The van der Waals surface area contributed by atoms with E-state index >= 15 is 0 Å². The third-order valence-corrected chi connectivity index (χ3v) is 2.66. The van der Waals surface area contributed by atoms with Crippen molar-refractivity contribution in [3.8, 4) is 5.75 Å². The molecule has 0 aromatic heterocycles. The van der Waals surface area contributed by atoms with Crippen LogP contribution in [0.4, 0.5) is 0 Å². The van der Waals surface area contributed by atoms with Crippen molar-refractivity contribution in [1.29, 1.82) is 0 Å². The van der Waals surface area contributed by atoms with Crippen molar-refractivity contribution >= 4 is 11.8 Å². The summed E-state index contributed by atoms with van der Waals surface area (Å²) in [5.41, 5.74) is 1.95. The van der Waals surface area contributed by atoms with E-state index in [1.807, 2.05) is 6.92 Å². The minimum atomic E-state index is -0.819. The van der Waals surface area contributed by atoms with Crippen LogP contribution in [0.2, 0.25) is 0 Å². The summed E-state index contributed by atoms with van der Waals surface area (Å²) >= 11 is 0. The van der Waals surface area contributed by atoms with E-state index in [4.69, 9.17) is 4.74 Å². The Hall–Kier alpha value is -1.84. The van der Waals surface area contributed by atoms with E-state index in [2.05, 4.69) is 4.74 Å². The van der Waals surface area contributed by atoms with E-state index < -0.39 is 11.8 Å². The molecule has 0 heterocycles. The molecule has 0 aliphatic heterocycles. The number of hydrogen-bond donors (Lipinski definition) is 0. The normalized spacial score (nSPS) is 9.88. The highest BCUT2D eigenvalue weighted by Gasteiger charge is 2.21. The van der Waals surface area contributed by atoms with E-state index in [9.17, 15) is 9.59 Å². The first kappa shape index (κ1) is 13.2. The van der Waals surface area contributed by atoms with Gasteiger partial charge in [-0.15, -0.1) is 0 Å². The molecule has 1 aromatic rings. The highest BCUT2D eigenvalue weighted by Crippen LogP contribution is 2.24. The van der Waals surface area contributed by atoms with Gasteiger partial charge >= 0.3 is 5.97 Å². The smallest absolute Gasteiger partial charge is 0.379 e. The molecule has 0 aliphatic rings. The maximum Gasteiger partial charge on any atom is 0.379 e. The average Bonchev–Trinajstić information content (AvgIpc) is 2.32. The lowest BCUT2D eigenvalue weighted by atomic mass is 9.99. The molecule has 4 heteroatoms. The van der Waals surface area contributed by atoms with E-state index in [-0.39, 0.29) is 6.61 Å². The minimum Gasteiger partial charge on any atom is -0.496 e. The molecule has 1 rings (SSSR count). The molecule has 0 N–H and O–H groups in total. The van der Waals surface area contributed by atoms with Crippen LogP contribution < -0.4 is 4.74 Å². The summed E-state index contributed by atoms with van der Waals surface area (Å²) in [6, 6.07) is 3.26. The van der Waals surface area contributed by atoms with Gasteiger partial charge in [-0.25, -0.2) is 4.79 Å². The van der Waals surface area contributed by atoms with Crippen LogP contribution in [0, 0.1) is 13.8 Å². The Morgan fingerprint density at radius 1 is 1.18 bits per heavy atom. The van der Waals surface area contributed by atoms with Crippen LogP contribution in [0.15, 0.2) is 12.1 Å². The van der Waals surface area contributed by atoms with Gasteiger partial charge in [-0.1, -0.05) is 0 Å². The average molecular weight is 236 g/mol. The summed E-state index contributed by atoms with van der Waals surface area (Å²) in [5, 5.41) is 0. The first-order chi connectivity index (χ1) is 8.02. The second-order valence-corrected chi connectivity index (χ2v) is 3.61. The lowest BCUT2D eigenvalue weighted by Crippen LogP contribution is -2.18. The van der Waals surface area contributed by atoms with Gasteiger partial charge in [-0.3, -0.25) is 4.79 Å². The maximum atomic E-state index is 11.8. The lowest BCUT2D eigenvalue weighted by Gasteiger charge is -2.11. The van der Waals surface area contributed by atoms with Crippen molar-refractivity contribution in [2.45, 2.75) is 20.8 Å². The van der Waals surface area contributed by atoms with Gasteiger partial charge in [-0.2, -0.15) is 0 Å². The highest BCUT2D eigenvalue weighted by molar-refractivity contribution is 6.41. The van der Waals surface area contributed by atoms with Crippen molar-refractivity contribution in [1.82, 2.24) is 0 Å². The van der Waals surface area contributed by atoms with Gasteiger partial charge in [0.15, 0.2) is 0 Å². The van der Waals surface area contributed by atoms with Crippen molar-refractivity contribution in [2.75, 3.05) is 13.7 Å². The molecule has 1 aromatic carbocycles. The molecule has 0 spiro atoms. The number of ketones is 1. The summed E-state index contributed by atoms with van der Waals surface area (Å²) in [6.07, 6.45) is 0. The van der Waals surface area contributed by atoms with Gasteiger partial charge in [0, 0.05) is 5.56 Å². The predicted molar refractivity (Wildman–Crippen MR) is 63.4 cm³/mol. The van der Waals surface area contributed by atoms with Gasteiger partial charge in [0.2, 0.25) is 0 Å². The van der Waals surface area contributed by atoms with Gasteiger partial charge in [0.1, 0.15) is 5.75 Å². The Balaban J connectivity index is 3.12. The molecule has 0 unspecified atom stereocenters. The highest BCUT2D eigenvalue weighted by atomic mass is 16.5. The molecule has 0 saturated carbocycles. The molecule has 0 atom stereocenters. The standard InChI is InChI=1S/C13H16O4/c1-5-17-13(15)12(14)10-6-7-11(16-4)9(3)8(10)2/h6-7H,5H2,1-4H3. The summed E-state index contributed by atoms with van der Waals surface area (Å²) in [6.45, 7) is 5.48. The monoisotopic (exact) mass is 236 g/mol. The number of carbonyl (C=O) groups is 2. The fourth-order valence-electron chi connectivity index (χ4n) is 1.57. The number of methoxy groups -OCH3 is 1. The molecule has 0 radical (unpaired) electrons. The Kier molecular flexibility index (Phi) is 4.26. The summed E-state index contributed by atoms with van der Waals surface area (Å²) in [4.78, 5) is 23.2. The first-order valence-electron chi connectivity index (χ1n) is 5.38. The third kappa shape index (κ3) is 2.64. The fraction of sp³-hybridized carbons (Fsp3) is 0.385. The van der Waals surface area contributed by atoms with Crippen LogP contribution in [0.1, 0.15) is 28.4 Å². The quantitative estimate of drug-likeness (QED) is 0.456. The summed E-state index contributed by atoms with van der Waals surface area (Å²) in [7, 11) is 1.56.